The Morgan fingerprint density at radius 2 is 0.889 bits per heavy atom. The van der Waals surface area contributed by atoms with Crippen LogP contribution >= 0.6 is 7.82 Å². The van der Waals surface area contributed by atoms with E-state index in [9.17, 15) is 44.6 Å². The van der Waals surface area contributed by atoms with Gasteiger partial charge in [-0.3, -0.25) is 18.6 Å². The molecule has 1 saturated carbocycles. The summed E-state index contributed by atoms with van der Waals surface area (Å²) in [5.74, 6) is -1.17. The van der Waals surface area contributed by atoms with E-state index in [2.05, 4.69) is 98.9 Å². The third kappa shape index (κ3) is 30.7. The van der Waals surface area contributed by atoms with Gasteiger partial charge in [0.25, 0.3) is 0 Å². The van der Waals surface area contributed by atoms with E-state index in [1.54, 1.807) is 0 Å². The normalized spacial score (nSPS) is 22.5. The second kappa shape index (κ2) is 38.3. The minimum atomic E-state index is -5.14. The zero-order valence-electron chi connectivity index (χ0n) is 38.1. The number of aliphatic hydroxyl groups is 5. The van der Waals surface area contributed by atoms with Crippen LogP contribution in [0.3, 0.4) is 0 Å². The van der Waals surface area contributed by atoms with Gasteiger partial charge >= 0.3 is 19.8 Å². The van der Waals surface area contributed by atoms with Gasteiger partial charge in [-0.05, 0) is 89.9 Å². The number of esters is 2. The number of hydrogen-bond donors (Lipinski definition) is 6. The first-order valence-electron chi connectivity index (χ1n) is 23.4. The zero-order chi connectivity index (χ0) is 46.4. The second-order valence-corrected chi connectivity index (χ2v) is 17.3. The summed E-state index contributed by atoms with van der Waals surface area (Å²) < 4.78 is 33.5. The van der Waals surface area contributed by atoms with Crippen LogP contribution < -0.4 is 0 Å². The Balaban J connectivity index is 2.51. The molecule has 360 valence electrons. The molecule has 1 aliphatic rings. The van der Waals surface area contributed by atoms with E-state index in [1.165, 1.54) is 25.7 Å². The van der Waals surface area contributed by atoms with Gasteiger partial charge in [0.15, 0.2) is 6.10 Å². The van der Waals surface area contributed by atoms with Crippen molar-refractivity contribution in [2.24, 2.45) is 0 Å². The SMILES string of the molecule is CCC/C=C/C/C=C/C/C=C/C/C=C/CCCCCC(=O)OC[C@@H](COP(=O)(O)OC1C(O)C(O)C(O)[C@H](O)C1O)OC(=O)CCCCCC/C=C/C/C=C/C/C=C/CCCCC. The quantitative estimate of drug-likeness (QED) is 0.0149. The first-order chi connectivity index (χ1) is 30.4. The Hall–Kier alpha value is -2.97. The van der Waals surface area contributed by atoms with E-state index in [1.807, 2.05) is 0 Å². The molecular weight excluding hydrogens is 827 g/mol. The molecular formula is C49H81O13P. The van der Waals surface area contributed by atoms with Crippen LogP contribution in [0.15, 0.2) is 85.1 Å². The van der Waals surface area contributed by atoms with Crippen LogP contribution in [0.5, 0.6) is 0 Å². The summed E-state index contributed by atoms with van der Waals surface area (Å²) in [7, 11) is -5.14. The topological polar surface area (TPSA) is 210 Å². The van der Waals surface area contributed by atoms with E-state index < -0.39 is 75.7 Å². The first kappa shape index (κ1) is 58.0. The molecule has 0 aromatic rings. The van der Waals surface area contributed by atoms with Gasteiger partial charge in [-0.2, -0.15) is 0 Å². The number of carbonyl (C=O) groups excluding carboxylic acids is 2. The van der Waals surface area contributed by atoms with Gasteiger partial charge in [-0.15, -0.1) is 0 Å². The lowest BCUT2D eigenvalue weighted by Gasteiger charge is -2.41. The molecule has 8 atom stereocenters. The Morgan fingerprint density at radius 3 is 1.37 bits per heavy atom. The average molecular weight is 909 g/mol. The predicted octanol–water partition coefficient (Wildman–Crippen LogP) is 9.28. The monoisotopic (exact) mass is 909 g/mol. The van der Waals surface area contributed by atoms with Gasteiger partial charge in [0.2, 0.25) is 0 Å². The number of hydrogen-bond acceptors (Lipinski definition) is 12. The van der Waals surface area contributed by atoms with Crippen molar-refractivity contribution in [3.8, 4) is 0 Å². The number of unbranched alkanes of at least 4 members (excludes halogenated alkanes) is 11. The number of allylic oxidation sites excluding steroid dienone is 14. The summed E-state index contributed by atoms with van der Waals surface area (Å²) in [5, 5.41) is 50.2. The molecule has 0 heterocycles. The number of carbonyl (C=O) groups is 2. The van der Waals surface area contributed by atoms with Crippen LogP contribution in [0, 0.1) is 0 Å². The minimum absolute atomic E-state index is 0.0588. The van der Waals surface area contributed by atoms with E-state index in [4.69, 9.17) is 18.5 Å². The molecule has 0 spiro atoms. The molecule has 1 rings (SSSR count). The lowest BCUT2D eigenvalue weighted by atomic mass is 9.85. The molecule has 0 aromatic heterocycles. The molecule has 0 radical (unpaired) electrons. The molecule has 13 nitrogen and oxygen atoms in total. The Kier molecular flexibility index (Phi) is 35.3. The molecule has 0 amide bonds. The highest BCUT2D eigenvalue weighted by Crippen LogP contribution is 2.47. The summed E-state index contributed by atoms with van der Waals surface area (Å²) in [6, 6.07) is 0. The second-order valence-electron chi connectivity index (χ2n) is 15.9. The molecule has 0 aliphatic heterocycles. The van der Waals surface area contributed by atoms with Crippen molar-refractivity contribution in [3.05, 3.63) is 85.1 Å². The van der Waals surface area contributed by atoms with Gasteiger partial charge in [0, 0.05) is 12.8 Å². The smallest absolute Gasteiger partial charge is 0.462 e. The summed E-state index contributed by atoms with van der Waals surface area (Å²) in [5.41, 5.74) is 0. The van der Waals surface area contributed by atoms with Crippen molar-refractivity contribution >= 4 is 19.8 Å². The highest BCUT2D eigenvalue weighted by Gasteiger charge is 2.51. The summed E-state index contributed by atoms with van der Waals surface area (Å²) in [4.78, 5) is 35.7. The van der Waals surface area contributed by atoms with E-state index >= 15 is 0 Å². The highest BCUT2D eigenvalue weighted by atomic mass is 31.2. The van der Waals surface area contributed by atoms with Crippen LogP contribution in [0.1, 0.15) is 155 Å². The summed E-state index contributed by atoms with van der Waals surface area (Å²) in [6.45, 7) is 3.14. The van der Waals surface area contributed by atoms with E-state index in [0.717, 1.165) is 89.9 Å². The van der Waals surface area contributed by atoms with E-state index in [-0.39, 0.29) is 12.8 Å². The van der Waals surface area contributed by atoms with Gasteiger partial charge in [-0.25, -0.2) is 4.57 Å². The fourth-order valence-electron chi connectivity index (χ4n) is 6.40. The lowest BCUT2D eigenvalue weighted by Crippen LogP contribution is -2.64. The Morgan fingerprint density at radius 1 is 0.492 bits per heavy atom. The maximum absolute atomic E-state index is 12.8. The van der Waals surface area contributed by atoms with Crippen LogP contribution in [0.25, 0.3) is 0 Å². The molecule has 0 saturated heterocycles. The van der Waals surface area contributed by atoms with Crippen molar-refractivity contribution in [1.82, 2.24) is 0 Å². The lowest BCUT2D eigenvalue weighted by molar-refractivity contribution is -0.220. The van der Waals surface area contributed by atoms with Crippen LogP contribution in [-0.2, 0) is 32.7 Å². The van der Waals surface area contributed by atoms with E-state index in [0.29, 0.717) is 12.8 Å². The van der Waals surface area contributed by atoms with Gasteiger partial charge in [0.05, 0.1) is 6.61 Å². The van der Waals surface area contributed by atoms with Crippen molar-refractivity contribution in [2.75, 3.05) is 13.2 Å². The van der Waals surface area contributed by atoms with Crippen LogP contribution in [0.2, 0.25) is 0 Å². The zero-order valence-corrected chi connectivity index (χ0v) is 39.0. The maximum atomic E-state index is 12.8. The van der Waals surface area contributed by atoms with Crippen LogP contribution in [0.4, 0.5) is 0 Å². The summed E-state index contributed by atoms with van der Waals surface area (Å²) >= 11 is 0. The number of phosphoric acid groups is 1. The molecule has 14 heteroatoms. The van der Waals surface area contributed by atoms with Crippen molar-refractivity contribution < 1.29 is 63.1 Å². The molecule has 6 N–H and O–H groups in total. The largest absolute Gasteiger partial charge is 0.472 e. The molecule has 0 bridgehead atoms. The van der Waals surface area contributed by atoms with Gasteiger partial charge in [0.1, 0.15) is 43.2 Å². The Labute approximate surface area is 378 Å². The number of phosphoric ester groups is 1. The standard InChI is InChI=1S/C49H81O13P/c1-3-5-7-9-11-13-15-17-19-21-23-25-27-29-31-33-35-37-42(50)59-39-41(40-60-63(57,58)62-49-47(55)45(53)44(52)46(54)48(49)56)61-43(51)38-36-34-32-30-28-26-24-22-20-18-16-14-12-10-8-6-4-2/h7,9,12-15,18-21,24-27,41,44-49,52-56H,3-6,8,10-11,16-17,22-23,28-40H2,1-2H3,(H,57,58)/b9-7+,14-12+,15-13+,20-18+,21-19+,26-24+,27-25+/t41-,44?,45-,46?,47?,48?,49?/m0/s1. The van der Waals surface area contributed by atoms with Gasteiger partial charge < -0.3 is 39.9 Å². The number of rotatable bonds is 37. The number of aliphatic hydroxyl groups excluding tert-OH is 5. The Bertz CT molecular complexity index is 1420. The van der Waals surface area contributed by atoms with Crippen LogP contribution in [-0.4, -0.2) is 98.3 Å². The highest BCUT2D eigenvalue weighted by molar-refractivity contribution is 7.47. The van der Waals surface area contributed by atoms with Crippen molar-refractivity contribution in [1.29, 1.82) is 0 Å². The minimum Gasteiger partial charge on any atom is -0.462 e. The maximum Gasteiger partial charge on any atom is 0.472 e. The van der Waals surface area contributed by atoms with Crippen molar-refractivity contribution in [2.45, 2.75) is 198 Å². The molecule has 63 heavy (non-hydrogen) atoms. The number of ether oxygens (including phenoxy) is 2. The molecule has 1 aliphatic carbocycles. The third-order valence-corrected chi connectivity index (χ3v) is 11.2. The fourth-order valence-corrected chi connectivity index (χ4v) is 7.37. The molecule has 6 unspecified atom stereocenters. The summed E-state index contributed by atoms with van der Waals surface area (Å²) in [6.07, 6.45) is 36.3. The third-order valence-electron chi connectivity index (χ3n) is 10.2. The first-order valence-corrected chi connectivity index (χ1v) is 24.9. The average Bonchev–Trinajstić information content (AvgIpc) is 3.26. The molecule has 0 aromatic carbocycles. The predicted molar refractivity (Wildman–Crippen MR) is 248 cm³/mol. The van der Waals surface area contributed by atoms with Crippen molar-refractivity contribution in [3.63, 3.8) is 0 Å². The molecule has 1 fully saturated rings. The fraction of sp³-hybridized carbons (Fsp3) is 0.673. The van der Waals surface area contributed by atoms with Gasteiger partial charge in [-0.1, -0.05) is 137 Å².